The topological polar surface area (TPSA) is 74.4 Å². The Kier molecular flexibility index (Phi) is 6.02. The van der Waals surface area contributed by atoms with E-state index in [0.29, 0.717) is 17.7 Å². The lowest BCUT2D eigenvalue weighted by atomic mass is 10.0. The molecule has 0 saturated carbocycles. The summed E-state index contributed by atoms with van der Waals surface area (Å²) in [5.74, 6) is -2.08. The molecular weight excluding hydrogens is 481 g/mol. The third-order valence-corrected chi connectivity index (χ3v) is 6.99. The van der Waals surface area contributed by atoms with Crippen LogP contribution in [0.15, 0.2) is 41.3 Å². The van der Waals surface area contributed by atoms with Crippen LogP contribution in [0.25, 0.3) is 9.75 Å². The summed E-state index contributed by atoms with van der Waals surface area (Å²) in [5, 5.41) is 8.31. The van der Waals surface area contributed by atoms with E-state index in [2.05, 4.69) is 20.2 Å². The predicted molar refractivity (Wildman–Crippen MR) is 123 cm³/mol. The number of nitrogens with one attached hydrogen (secondary N) is 1. The number of halogens is 3. The Hall–Kier alpha value is -3.72. The lowest BCUT2D eigenvalue weighted by Crippen LogP contribution is -2.58. The number of urea groups is 1. The lowest BCUT2D eigenvalue weighted by Gasteiger charge is -2.41. The van der Waals surface area contributed by atoms with Crippen molar-refractivity contribution in [2.24, 2.45) is 5.10 Å². The predicted octanol–water partition coefficient (Wildman–Crippen LogP) is 4.34. The van der Waals surface area contributed by atoms with E-state index in [1.165, 1.54) is 46.1 Å². The molecule has 1 aromatic carbocycles. The summed E-state index contributed by atoms with van der Waals surface area (Å²) in [7, 11) is 0. The van der Waals surface area contributed by atoms with Gasteiger partial charge in [-0.25, -0.2) is 29.5 Å². The van der Waals surface area contributed by atoms with Crippen LogP contribution >= 0.6 is 11.8 Å². The van der Waals surface area contributed by atoms with Gasteiger partial charge in [0.25, 0.3) is 0 Å². The average molecular weight is 501 g/mol. The highest BCUT2D eigenvalue weighted by Gasteiger charge is 2.39. The summed E-state index contributed by atoms with van der Waals surface area (Å²) >= 11 is 1.30. The zero-order chi connectivity index (χ0) is 24.7. The number of hydrogen-bond acceptors (Lipinski definition) is 6. The Balaban J connectivity index is 1.23. The molecule has 1 saturated heterocycles. The number of benzene rings is 1. The van der Waals surface area contributed by atoms with E-state index in [1.807, 2.05) is 6.92 Å². The Bertz CT molecular complexity index is 1270. The van der Waals surface area contributed by atoms with Crippen LogP contribution in [0.4, 0.5) is 18.0 Å². The first kappa shape index (κ1) is 23.0. The number of nitrogens with zero attached hydrogens (tertiary/aromatic N) is 5. The Morgan fingerprint density at radius 2 is 1.97 bits per heavy atom. The smallest absolute Gasteiger partial charge is 0.349 e. The quantitative estimate of drug-likeness (QED) is 0.633. The van der Waals surface area contributed by atoms with Crippen LogP contribution in [0.2, 0.25) is 0 Å². The van der Waals surface area contributed by atoms with E-state index in [9.17, 15) is 18.0 Å². The van der Waals surface area contributed by atoms with Crippen LogP contribution in [0.3, 0.4) is 0 Å². The second kappa shape index (κ2) is 9.14. The molecule has 1 aromatic heterocycles. The number of thioether (sulfide) groups is 1. The fourth-order valence-electron chi connectivity index (χ4n) is 4.06. The van der Waals surface area contributed by atoms with Crippen LogP contribution in [0.1, 0.15) is 30.6 Å². The molecule has 1 unspecified atom stereocenters. The molecule has 1 N–H and O–H groups in total. The van der Waals surface area contributed by atoms with Crippen molar-refractivity contribution in [1.82, 2.24) is 20.2 Å². The van der Waals surface area contributed by atoms with E-state index in [-0.39, 0.29) is 18.8 Å². The molecule has 180 valence electrons. The number of hydrogen-bond donors (Lipinski definition) is 1. The first-order chi connectivity index (χ1) is 16.8. The first-order valence-electron chi connectivity index (χ1n) is 10.7. The number of carbonyl (C=O) groups excluding carboxylic acids is 1. The molecule has 35 heavy (non-hydrogen) atoms. The Morgan fingerprint density at radius 3 is 2.66 bits per heavy atom. The van der Waals surface area contributed by atoms with Gasteiger partial charge < -0.3 is 15.0 Å². The number of carbonyl (C=O) groups is 1. The van der Waals surface area contributed by atoms with Crippen molar-refractivity contribution in [1.29, 1.82) is 0 Å². The van der Waals surface area contributed by atoms with Crippen molar-refractivity contribution in [3.63, 3.8) is 0 Å². The van der Waals surface area contributed by atoms with Crippen molar-refractivity contribution in [2.75, 3.05) is 13.1 Å². The Morgan fingerprint density at radius 1 is 1.23 bits per heavy atom. The first-order valence-corrected chi connectivity index (χ1v) is 11.6. The monoisotopic (exact) mass is 500 g/mol. The third-order valence-electron chi connectivity index (χ3n) is 5.79. The van der Waals surface area contributed by atoms with E-state index >= 15 is 0 Å². The molecule has 3 aliphatic rings. The van der Waals surface area contributed by atoms with E-state index in [1.54, 1.807) is 0 Å². The van der Waals surface area contributed by atoms with Crippen LogP contribution in [0.5, 0.6) is 5.75 Å². The summed E-state index contributed by atoms with van der Waals surface area (Å²) in [6.07, 6.45) is 2.49. The summed E-state index contributed by atoms with van der Waals surface area (Å²) in [5.41, 5.74) is 1.14. The number of amides is 2. The van der Waals surface area contributed by atoms with Gasteiger partial charge >= 0.3 is 11.5 Å². The maximum atomic E-state index is 14.4. The minimum Gasteiger partial charge on any atom is -0.483 e. The molecule has 0 radical (unpaired) electrons. The second-order valence-corrected chi connectivity index (χ2v) is 9.31. The van der Waals surface area contributed by atoms with Gasteiger partial charge in [-0.15, -0.1) is 0 Å². The molecule has 1 fully saturated rings. The van der Waals surface area contributed by atoms with E-state index in [4.69, 9.17) is 11.3 Å². The molecule has 8 nitrogen and oxygen atoms in total. The molecule has 0 aliphatic carbocycles. The van der Waals surface area contributed by atoms with Crippen molar-refractivity contribution >= 4 is 28.9 Å². The molecule has 2 aromatic rings. The van der Waals surface area contributed by atoms with Crippen LogP contribution in [-0.4, -0.2) is 51.8 Å². The van der Waals surface area contributed by atoms with Gasteiger partial charge in [0.05, 0.1) is 35.9 Å². The summed E-state index contributed by atoms with van der Waals surface area (Å²) in [4.78, 5) is 22.7. The number of allylic oxidation sites excluding steroid dienone is 1. The maximum absolute atomic E-state index is 14.4. The number of ether oxygens (including phenoxy) is 1. The number of hydrazone groups is 1. The van der Waals surface area contributed by atoms with Crippen LogP contribution < -0.4 is 10.1 Å². The average Bonchev–Trinajstić information content (AvgIpc) is 3.43. The largest absolute Gasteiger partial charge is 0.483 e. The van der Waals surface area contributed by atoms with Crippen LogP contribution in [-0.2, 0) is 0 Å². The standard InChI is InChI=1S/C23H19F3N6O2S/c1-12-21(35-22(27-2)30-12)18-8-20(17(26)9-28-18)34-16-10-31(11-16)23(33)32-19(3-4-29-32)13-5-14(24)7-15(25)6-13/h4-9,16,19,22,30H,3,10-11H2,1H3/t19-,22?/m0/s1. The van der Waals surface area contributed by atoms with Gasteiger partial charge in [-0.1, -0.05) is 0 Å². The van der Waals surface area contributed by atoms with Gasteiger partial charge in [0, 0.05) is 30.5 Å². The van der Waals surface area contributed by atoms with Gasteiger partial charge in [-0.05, 0) is 36.4 Å². The molecular formula is C23H19F3N6O2S. The number of rotatable bonds is 4. The van der Waals surface area contributed by atoms with Gasteiger partial charge in [0.1, 0.15) is 17.7 Å². The van der Waals surface area contributed by atoms with Gasteiger partial charge in [-0.3, -0.25) is 9.83 Å². The fourth-order valence-corrected chi connectivity index (χ4v) is 5.04. The minimum absolute atomic E-state index is 0.00608. The van der Waals surface area contributed by atoms with Gasteiger partial charge in [0.15, 0.2) is 11.6 Å². The highest BCUT2D eigenvalue weighted by atomic mass is 32.2. The molecule has 12 heteroatoms. The lowest BCUT2D eigenvalue weighted by molar-refractivity contribution is 0.0256. The molecule has 4 heterocycles. The summed E-state index contributed by atoms with van der Waals surface area (Å²) in [6, 6.07) is 3.59. The molecule has 2 atom stereocenters. The number of pyridine rings is 1. The molecule has 5 rings (SSSR count). The number of aromatic nitrogens is 1. The normalized spacial score (nSPS) is 21.7. The van der Waals surface area contributed by atoms with Crippen molar-refractivity contribution in [3.05, 3.63) is 76.3 Å². The van der Waals surface area contributed by atoms with Gasteiger partial charge in [-0.2, -0.15) is 5.10 Å². The second-order valence-electron chi connectivity index (χ2n) is 8.22. The zero-order valence-corrected chi connectivity index (χ0v) is 19.2. The fraction of sp³-hybridized carbons (Fsp3) is 0.304. The minimum atomic E-state index is -0.724. The highest BCUT2D eigenvalue weighted by Crippen LogP contribution is 2.39. The molecule has 3 aliphatic heterocycles. The Labute approximate surface area is 203 Å². The van der Waals surface area contributed by atoms with Crippen molar-refractivity contribution in [2.45, 2.75) is 31.0 Å². The molecule has 2 amide bonds. The number of likely N-dealkylation sites (tertiary alicyclic amines) is 1. The third kappa shape index (κ3) is 4.51. The van der Waals surface area contributed by atoms with Crippen LogP contribution in [0, 0.1) is 24.0 Å². The maximum Gasteiger partial charge on any atom is 0.349 e. The SMILES string of the molecule is [C-]#[N+]C1NC(C)=C(c2cc(OC3CN(C(=O)N4N=CC[C@H]4c4cc(F)cc(F)c4)C3)c(F)cn2)S1. The van der Waals surface area contributed by atoms with Crippen molar-refractivity contribution in [3.8, 4) is 5.75 Å². The molecule has 0 bridgehead atoms. The summed E-state index contributed by atoms with van der Waals surface area (Å²) < 4.78 is 47.5. The van der Waals surface area contributed by atoms with Crippen molar-refractivity contribution < 1.29 is 22.7 Å². The van der Waals surface area contributed by atoms with Gasteiger partial charge in [0.2, 0.25) is 0 Å². The highest BCUT2D eigenvalue weighted by molar-refractivity contribution is 8.09. The zero-order valence-electron chi connectivity index (χ0n) is 18.4. The molecule has 0 spiro atoms. The summed E-state index contributed by atoms with van der Waals surface area (Å²) in [6.45, 7) is 9.39. The van der Waals surface area contributed by atoms with E-state index in [0.717, 1.165) is 22.9 Å². The van der Waals surface area contributed by atoms with E-state index < -0.39 is 41.1 Å².